The number of hydrogen-bond acceptors (Lipinski definition) is 11. The van der Waals surface area contributed by atoms with Crippen molar-refractivity contribution in [1.82, 2.24) is 5.32 Å². The molecule has 0 aliphatic carbocycles. The number of carbonyl (C=O) groups excluding carboxylic acids is 2. The molecule has 2 heterocycles. The molecule has 12 heteroatoms. The molecule has 0 aromatic heterocycles. The minimum absolute atomic E-state index is 0.0860. The maximum Gasteiger partial charge on any atom is 0.338 e. The van der Waals surface area contributed by atoms with Gasteiger partial charge in [0.25, 0.3) is 0 Å². The van der Waals surface area contributed by atoms with Crippen LogP contribution in [0, 0.1) is 0 Å². The van der Waals surface area contributed by atoms with E-state index in [1.165, 1.54) is 6.92 Å². The summed E-state index contributed by atoms with van der Waals surface area (Å²) in [5, 5.41) is 14.2. The van der Waals surface area contributed by atoms with Gasteiger partial charge in [-0.15, -0.1) is 0 Å². The number of carbonyl (C=O) groups is 2. The van der Waals surface area contributed by atoms with Gasteiger partial charge in [0.15, 0.2) is 18.7 Å². The monoisotopic (exact) mass is 831 g/mol. The minimum atomic E-state index is -1.60. The minimum Gasteiger partial charge on any atom is -0.453 e. The first-order valence-corrected chi connectivity index (χ1v) is 20.6. The second kappa shape index (κ2) is 22.0. The van der Waals surface area contributed by atoms with Gasteiger partial charge in [-0.05, 0) is 41.3 Å². The van der Waals surface area contributed by atoms with Gasteiger partial charge in [-0.1, -0.05) is 140 Å². The van der Waals surface area contributed by atoms with Crippen molar-refractivity contribution in [3.8, 4) is 0 Å². The third kappa shape index (κ3) is 12.2. The van der Waals surface area contributed by atoms with Crippen LogP contribution in [0.2, 0.25) is 0 Å². The van der Waals surface area contributed by atoms with E-state index in [0.717, 1.165) is 22.3 Å². The Bertz CT molecular complexity index is 2060. The van der Waals surface area contributed by atoms with Gasteiger partial charge in [0.05, 0.1) is 44.7 Å². The van der Waals surface area contributed by atoms with Crippen molar-refractivity contribution in [3.05, 3.63) is 179 Å². The number of rotatable bonds is 18. The highest BCUT2D eigenvalue weighted by atomic mass is 16.7. The molecule has 0 saturated carbocycles. The van der Waals surface area contributed by atoms with Crippen LogP contribution in [0.15, 0.2) is 152 Å². The van der Waals surface area contributed by atoms with Crippen molar-refractivity contribution in [2.75, 3.05) is 6.61 Å². The standard InChI is InChI=1S/C49H53NO11/c1-33-42(55-29-36-20-10-4-11-21-36)45(56-30-37-22-12-5-13-23-37)46(57-31-38-24-14-6-15-25-38)49(58-33)61-43-40(32-54-28-35-18-8-3-9-19-35)59-48(53)41(50-34(2)51)44(43)60-47(52)39-26-16-7-17-27-39/h3-27,33,40-46,48-49,53H,28-32H2,1-2H3,(H,50,51)/t33-,40+,41+,42-,43+,44+,45+,46+,48+,49-/m0/s1. The van der Waals surface area contributed by atoms with Crippen LogP contribution >= 0.6 is 0 Å². The molecule has 0 spiro atoms. The van der Waals surface area contributed by atoms with E-state index < -0.39 is 73.2 Å². The molecule has 320 valence electrons. The topological polar surface area (TPSA) is 140 Å². The number of aliphatic hydroxyl groups is 1. The predicted molar refractivity (Wildman–Crippen MR) is 224 cm³/mol. The molecule has 61 heavy (non-hydrogen) atoms. The summed E-state index contributed by atoms with van der Waals surface area (Å²) in [7, 11) is 0. The van der Waals surface area contributed by atoms with Gasteiger partial charge < -0.3 is 48.3 Å². The van der Waals surface area contributed by atoms with E-state index in [2.05, 4.69) is 5.32 Å². The summed E-state index contributed by atoms with van der Waals surface area (Å²) in [6.07, 6.45) is -9.19. The molecule has 10 atom stereocenters. The molecule has 1 amide bonds. The molecule has 7 rings (SSSR count). The van der Waals surface area contributed by atoms with Gasteiger partial charge in [-0.2, -0.15) is 0 Å². The predicted octanol–water partition coefficient (Wildman–Crippen LogP) is 6.54. The maximum absolute atomic E-state index is 13.8. The molecule has 5 aromatic rings. The van der Waals surface area contributed by atoms with E-state index in [4.69, 9.17) is 37.9 Å². The van der Waals surface area contributed by atoms with Crippen molar-refractivity contribution in [2.45, 2.75) is 102 Å². The summed E-state index contributed by atoms with van der Waals surface area (Å²) in [6.45, 7) is 4.01. The van der Waals surface area contributed by atoms with Crippen molar-refractivity contribution in [2.24, 2.45) is 0 Å². The third-order valence-corrected chi connectivity index (χ3v) is 10.6. The van der Waals surface area contributed by atoms with E-state index in [0.29, 0.717) is 0 Å². The van der Waals surface area contributed by atoms with Gasteiger partial charge in [-0.3, -0.25) is 4.79 Å². The van der Waals surface area contributed by atoms with Crippen LogP contribution in [0.5, 0.6) is 0 Å². The van der Waals surface area contributed by atoms with E-state index in [9.17, 15) is 14.7 Å². The molecular weight excluding hydrogens is 779 g/mol. The quantitative estimate of drug-likeness (QED) is 0.0932. The zero-order chi connectivity index (χ0) is 42.4. The number of ether oxygens (including phenoxy) is 8. The highest BCUT2D eigenvalue weighted by Crippen LogP contribution is 2.35. The van der Waals surface area contributed by atoms with Crippen LogP contribution in [-0.4, -0.2) is 84.9 Å². The fourth-order valence-corrected chi connectivity index (χ4v) is 7.51. The number of esters is 1. The smallest absolute Gasteiger partial charge is 0.338 e. The molecule has 0 radical (unpaired) electrons. The van der Waals surface area contributed by atoms with Gasteiger partial charge >= 0.3 is 5.97 Å². The van der Waals surface area contributed by atoms with Crippen LogP contribution < -0.4 is 5.32 Å². The number of aliphatic hydroxyl groups excluding tert-OH is 1. The van der Waals surface area contributed by atoms with Gasteiger partial charge in [-0.25, -0.2) is 4.79 Å². The molecular formula is C49H53NO11. The lowest BCUT2D eigenvalue weighted by molar-refractivity contribution is -0.355. The normalized spacial score (nSPS) is 26.3. The van der Waals surface area contributed by atoms with Crippen molar-refractivity contribution >= 4 is 11.9 Å². The van der Waals surface area contributed by atoms with Gasteiger partial charge in [0.2, 0.25) is 5.91 Å². The van der Waals surface area contributed by atoms with Crippen molar-refractivity contribution in [3.63, 3.8) is 0 Å². The first kappa shape index (κ1) is 43.8. The summed E-state index contributed by atoms with van der Waals surface area (Å²) in [5.41, 5.74) is 4.00. The molecule has 2 aliphatic rings. The Balaban J connectivity index is 1.25. The van der Waals surface area contributed by atoms with Crippen LogP contribution in [0.1, 0.15) is 46.5 Å². The molecule has 2 N–H and O–H groups in total. The highest BCUT2D eigenvalue weighted by Gasteiger charge is 2.54. The second-order valence-corrected chi connectivity index (χ2v) is 15.1. The van der Waals surface area contributed by atoms with Crippen LogP contribution in [-0.2, 0) is 69.1 Å². The Morgan fingerprint density at radius 3 is 1.54 bits per heavy atom. The molecule has 2 saturated heterocycles. The van der Waals surface area contributed by atoms with Crippen LogP contribution in [0.4, 0.5) is 0 Å². The summed E-state index contributed by atoms with van der Waals surface area (Å²) < 4.78 is 52.5. The first-order valence-electron chi connectivity index (χ1n) is 20.6. The molecule has 5 aromatic carbocycles. The zero-order valence-corrected chi connectivity index (χ0v) is 34.3. The molecule has 2 aliphatic heterocycles. The van der Waals surface area contributed by atoms with E-state index in [1.807, 2.05) is 128 Å². The van der Waals surface area contributed by atoms with Gasteiger partial charge in [0, 0.05) is 6.92 Å². The largest absolute Gasteiger partial charge is 0.453 e. The average Bonchev–Trinajstić information content (AvgIpc) is 3.28. The lowest BCUT2D eigenvalue weighted by atomic mass is 9.94. The number of amides is 1. The Morgan fingerprint density at radius 1 is 0.574 bits per heavy atom. The van der Waals surface area contributed by atoms with Gasteiger partial charge in [0.1, 0.15) is 36.6 Å². The van der Waals surface area contributed by atoms with Crippen LogP contribution in [0.3, 0.4) is 0 Å². The van der Waals surface area contributed by atoms with Crippen molar-refractivity contribution in [1.29, 1.82) is 0 Å². The Kier molecular flexibility index (Phi) is 15.8. The lowest BCUT2D eigenvalue weighted by Gasteiger charge is -2.49. The Hall–Kier alpha value is -5.28. The summed E-state index contributed by atoms with van der Waals surface area (Å²) >= 11 is 0. The lowest BCUT2D eigenvalue weighted by Crippen LogP contribution is -2.68. The summed E-state index contributed by atoms with van der Waals surface area (Å²) in [5.74, 6) is -1.17. The maximum atomic E-state index is 13.8. The Morgan fingerprint density at radius 2 is 1.03 bits per heavy atom. The second-order valence-electron chi connectivity index (χ2n) is 15.1. The average molecular weight is 832 g/mol. The van der Waals surface area contributed by atoms with Crippen LogP contribution in [0.25, 0.3) is 0 Å². The SMILES string of the molecule is CC(=O)N[C@@H]1[C@@H](OC(=O)c2ccccc2)[C@H](O[C@@H]2O[C@@H](C)[C@H](OCc3ccccc3)[C@@H](OCc3ccccc3)[C@H]2OCc2ccccc2)[C@@H](COCc2ccccc2)O[C@H]1O. The Labute approximate surface area is 356 Å². The summed E-state index contributed by atoms with van der Waals surface area (Å²) in [4.78, 5) is 26.5. The van der Waals surface area contributed by atoms with Crippen molar-refractivity contribution < 1.29 is 52.6 Å². The fourth-order valence-electron chi connectivity index (χ4n) is 7.51. The molecule has 12 nitrogen and oxygen atoms in total. The van der Waals surface area contributed by atoms with E-state index in [1.54, 1.807) is 30.3 Å². The summed E-state index contributed by atoms with van der Waals surface area (Å²) in [6, 6.07) is 46.1. The molecule has 0 unspecified atom stereocenters. The highest BCUT2D eigenvalue weighted by molar-refractivity contribution is 5.89. The number of benzene rings is 5. The third-order valence-electron chi connectivity index (χ3n) is 10.6. The number of hydrogen-bond donors (Lipinski definition) is 2. The van der Waals surface area contributed by atoms with E-state index >= 15 is 0 Å². The zero-order valence-electron chi connectivity index (χ0n) is 34.3. The number of nitrogens with one attached hydrogen (secondary N) is 1. The fraction of sp³-hybridized carbons (Fsp3) is 0.347. The molecule has 2 fully saturated rings. The first-order chi connectivity index (χ1) is 29.8. The molecule has 0 bridgehead atoms. The van der Waals surface area contributed by atoms with E-state index in [-0.39, 0.29) is 38.6 Å².